The van der Waals surface area contributed by atoms with Crippen LogP contribution in [-0.4, -0.2) is 36.1 Å². The van der Waals surface area contributed by atoms with Gasteiger partial charge in [0.25, 0.3) is 0 Å². The van der Waals surface area contributed by atoms with Crippen molar-refractivity contribution in [1.82, 2.24) is 10.3 Å². The highest BCUT2D eigenvalue weighted by atomic mass is 32.2. The molecule has 5 heteroatoms. The monoisotopic (exact) mass is 297 g/mol. The Morgan fingerprint density at radius 1 is 1.42 bits per heavy atom. The number of aromatic nitrogens is 1. The Kier molecular flexibility index (Phi) is 4.34. The lowest BCUT2D eigenvalue weighted by atomic mass is 9.98. The minimum Gasteiger partial charge on any atom is -0.347 e. The number of hydrogen-bond donors (Lipinski definition) is 1. The molecule has 1 aliphatic carbocycles. The lowest BCUT2D eigenvalue weighted by Gasteiger charge is -2.23. The zero-order valence-electron chi connectivity index (χ0n) is 11.8. The van der Waals surface area contributed by atoms with Crippen molar-refractivity contribution >= 4 is 28.2 Å². The molecule has 0 radical (unpaired) electrons. The Morgan fingerprint density at radius 2 is 2.32 bits per heavy atom. The molecule has 1 aliphatic heterocycles. The third kappa shape index (κ3) is 2.78. The molecule has 0 spiro atoms. The molecule has 0 amide bonds. The van der Waals surface area contributed by atoms with E-state index >= 15 is 0 Å². The van der Waals surface area contributed by atoms with Crippen molar-refractivity contribution in [1.29, 1.82) is 0 Å². The highest BCUT2D eigenvalue weighted by Gasteiger charge is 2.27. The Labute approximate surface area is 124 Å². The van der Waals surface area contributed by atoms with Crippen LogP contribution in [0.1, 0.15) is 42.8 Å². The molecule has 1 fully saturated rings. The van der Waals surface area contributed by atoms with Crippen LogP contribution in [0, 0.1) is 0 Å². The molecule has 3 rings (SSSR count). The molecule has 19 heavy (non-hydrogen) atoms. The minimum atomic E-state index is 0.491. The van der Waals surface area contributed by atoms with Crippen molar-refractivity contribution in [2.45, 2.75) is 44.7 Å². The van der Waals surface area contributed by atoms with E-state index in [1.165, 1.54) is 52.9 Å². The fraction of sp³-hybridized carbons (Fsp3) is 0.786. The predicted octanol–water partition coefficient (Wildman–Crippen LogP) is 3.07. The highest BCUT2D eigenvalue weighted by Crippen LogP contribution is 2.38. The van der Waals surface area contributed by atoms with Crippen LogP contribution >= 0.6 is 23.1 Å². The fourth-order valence-electron chi connectivity index (χ4n) is 2.99. The van der Waals surface area contributed by atoms with E-state index in [9.17, 15) is 0 Å². The summed E-state index contributed by atoms with van der Waals surface area (Å²) in [5, 5.41) is 4.82. The Balaban J connectivity index is 1.80. The first kappa shape index (κ1) is 13.7. The van der Waals surface area contributed by atoms with Crippen LogP contribution in [0.2, 0.25) is 0 Å². The van der Waals surface area contributed by atoms with Crippen LogP contribution in [-0.2, 0) is 6.42 Å². The van der Waals surface area contributed by atoms with Gasteiger partial charge < -0.3 is 10.2 Å². The molecule has 1 saturated heterocycles. The number of rotatable bonds is 4. The number of fused-ring (bicyclic) bond motifs is 1. The molecule has 1 aromatic rings. The number of aryl methyl sites for hydroxylation is 1. The Morgan fingerprint density at radius 3 is 3.05 bits per heavy atom. The van der Waals surface area contributed by atoms with Crippen molar-refractivity contribution in [3.63, 3.8) is 0 Å². The molecule has 2 heterocycles. The average molecular weight is 297 g/mol. The number of nitrogens with zero attached hydrogens (tertiary/aromatic N) is 2. The van der Waals surface area contributed by atoms with E-state index in [4.69, 9.17) is 4.98 Å². The first-order chi connectivity index (χ1) is 9.29. The van der Waals surface area contributed by atoms with Crippen LogP contribution in [0.15, 0.2) is 0 Å². The summed E-state index contributed by atoms with van der Waals surface area (Å²) in [5.74, 6) is 2.57. The van der Waals surface area contributed by atoms with E-state index < -0.39 is 0 Å². The van der Waals surface area contributed by atoms with E-state index in [-0.39, 0.29) is 0 Å². The zero-order valence-corrected chi connectivity index (χ0v) is 13.4. The van der Waals surface area contributed by atoms with Crippen molar-refractivity contribution < 1.29 is 0 Å². The first-order valence-corrected chi connectivity index (χ1v) is 9.30. The summed E-state index contributed by atoms with van der Waals surface area (Å²) in [7, 11) is 2.23. The third-order valence-corrected chi connectivity index (χ3v) is 6.51. The summed E-state index contributed by atoms with van der Waals surface area (Å²) in [6, 6.07) is 1.18. The summed E-state index contributed by atoms with van der Waals surface area (Å²) in [6.07, 6.45) is 5.08. The second kappa shape index (κ2) is 6.02. The molecule has 3 nitrogen and oxygen atoms in total. The van der Waals surface area contributed by atoms with Gasteiger partial charge in [0, 0.05) is 23.7 Å². The predicted molar refractivity (Wildman–Crippen MR) is 85.6 cm³/mol. The number of thioether (sulfide) groups is 1. The van der Waals surface area contributed by atoms with Gasteiger partial charge in [-0.1, -0.05) is 6.92 Å². The van der Waals surface area contributed by atoms with Crippen molar-refractivity contribution in [3.8, 4) is 0 Å². The van der Waals surface area contributed by atoms with E-state index in [2.05, 4.69) is 35.9 Å². The van der Waals surface area contributed by atoms with Crippen LogP contribution in [0.25, 0.3) is 0 Å². The van der Waals surface area contributed by atoms with Gasteiger partial charge in [-0.25, -0.2) is 4.98 Å². The summed E-state index contributed by atoms with van der Waals surface area (Å²) in [4.78, 5) is 8.91. The normalized spacial score (nSPS) is 26.4. The smallest absolute Gasteiger partial charge is 0.185 e. The SMILES string of the molecule is CCNC1CCCc2sc(N(C)C3CCSC3)nc21. The molecule has 1 aromatic heterocycles. The minimum absolute atomic E-state index is 0.491. The molecule has 2 atom stereocenters. The molecule has 0 bridgehead atoms. The van der Waals surface area contributed by atoms with Crippen LogP contribution < -0.4 is 10.2 Å². The maximum absolute atomic E-state index is 4.97. The quantitative estimate of drug-likeness (QED) is 0.924. The van der Waals surface area contributed by atoms with Gasteiger partial charge in [-0.3, -0.25) is 0 Å². The van der Waals surface area contributed by atoms with E-state index in [1.807, 2.05) is 11.3 Å². The zero-order chi connectivity index (χ0) is 13.2. The van der Waals surface area contributed by atoms with Gasteiger partial charge in [0.2, 0.25) is 0 Å². The molecule has 2 aliphatic rings. The molecule has 1 N–H and O–H groups in total. The molecule has 0 saturated carbocycles. The van der Waals surface area contributed by atoms with E-state index in [0.717, 1.165) is 6.54 Å². The number of thiazole rings is 1. The summed E-state index contributed by atoms with van der Waals surface area (Å²) < 4.78 is 0. The Hall–Kier alpha value is -0.260. The summed E-state index contributed by atoms with van der Waals surface area (Å²) >= 11 is 4.00. The number of anilines is 1. The Bertz CT molecular complexity index is 426. The molecule has 2 unspecified atom stereocenters. The topological polar surface area (TPSA) is 28.2 Å². The summed E-state index contributed by atoms with van der Waals surface area (Å²) in [5.41, 5.74) is 1.34. The van der Waals surface area contributed by atoms with Gasteiger partial charge in [0.15, 0.2) is 5.13 Å². The summed E-state index contributed by atoms with van der Waals surface area (Å²) in [6.45, 7) is 3.22. The number of nitrogens with one attached hydrogen (secondary N) is 1. The lowest BCUT2D eigenvalue weighted by Crippen LogP contribution is -2.31. The van der Waals surface area contributed by atoms with Crippen molar-refractivity contribution in [2.24, 2.45) is 0 Å². The molecular formula is C14H23N3S2. The average Bonchev–Trinajstić information content (AvgIpc) is 3.08. The van der Waals surface area contributed by atoms with Gasteiger partial charge in [0.05, 0.1) is 11.7 Å². The van der Waals surface area contributed by atoms with Gasteiger partial charge >= 0.3 is 0 Å². The lowest BCUT2D eigenvalue weighted by molar-refractivity contribution is 0.465. The van der Waals surface area contributed by atoms with Crippen LogP contribution in [0.3, 0.4) is 0 Å². The number of hydrogen-bond acceptors (Lipinski definition) is 5. The maximum atomic E-state index is 4.97. The van der Waals surface area contributed by atoms with Crippen molar-refractivity contribution in [3.05, 3.63) is 10.6 Å². The second-order valence-corrected chi connectivity index (χ2v) is 7.65. The van der Waals surface area contributed by atoms with Crippen LogP contribution in [0.4, 0.5) is 5.13 Å². The largest absolute Gasteiger partial charge is 0.347 e. The fourth-order valence-corrected chi connectivity index (χ4v) is 5.45. The van der Waals surface area contributed by atoms with Crippen LogP contribution in [0.5, 0.6) is 0 Å². The second-order valence-electron chi connectivity index (χ2n) is 5.44. The highest BCUT2D eigenvalue weighted by molar-refractivity contribution is 7.99. The van der Waals surface area contributed by atoms with Gasteiger partial charge in [0.1, 0.15) is 0 Å². The first-order valence-electron chi connectivity index (χ1n) is 7.33. The molecule has 0 aromatic carbocycles. The molecular weight excluding hydrogens is 274 g/mol. The standard InChI is InChI=1S/C14H23N3S2/c1-3-15-11-5-4-6-12-13(11)16-14(19-12)17(2)10-7-8-18-9-10/h10-11,15H,3-9H2,1-2H3. The van der Waals surface area contributed by atoms with E-state index in [0.29, 0.717) is 12.1 Å². The van der Waals surface area contributed by atoms with Gasteiger partial charge in [-0.2, -0.15) is 11.8 Å². The van der Waals surface area contributed by atoms with E-state index in [1.54, 1.807) is 0 Å². The molecule has 106 valence electrons. The maximum Gasteiger partial charge on any atom is 0.185 e. The third-order valence-electron chi connectivity index (χ3n) is 4.15. The van der Waals surface area contributed by atoms with Gasteiger partial charge in [-0.05, 0) is 38.0 Å². The van der Waals surface area contributed by atoms with Gasteiger partial charge in [-0.15, -0.1) is 11.3 Å². The van der Waals surface area contributed by atoms with Crippen molar-refractivity contribution in [2.75, 3.05) is 30.0 Å².